The minimum Gasteiger partial charge on any atom is -0.497 e. The molecule has 7 nitrogen and oxygen atoms in total. The maximum absolute atomic E-state index is 14.2. The summed E-state index contributed by atoms with van der Waals surface area (Å²) < 4.78 is 31.0. The van der Waals surface area contributed by atoms with Gasteiger partial charge in [-0.25, -0.2) is 14.2 Å². The molecule has 0 fully saturated rings. The molecule has 40 heavy (non-hydrogen) atoms. The number of fused-ring (bicyclic) bond motifs is 1. The highest BCUT2D eigenvalue weighted by molar-refractivity contribution is 5.88. The van der Waals surface area contributed by atoms with Gasteiger partial charge in [0.05, 0.1) is 12.8 Å². The fourth-order valence-electron chi connectivity index (χ4n) is 4.21. The van der Waals surface area contributed by atoms with Crippen LogP contribution in [0.15, 0.2) is 91.0 Å². The molecule has 0 amide bonds. The molecule has 0 aliphatic carbocycles. The van der Waals surface area contributed by atoms with Gasteiger partial charge < -0.3 is 19.3 Å². The summed E-state index contributed by atoms with van der Waals surface area (Å²) in [5.41, 5.74) is 2.65. The number of aliphatic carboxylic acids is 1. The Morgan fingerprint density at radius 1 is 0.875 bits per heavy atom. The second-order valence-corrected chi connectivity index (χ2v) is 9.10. The monoisotopic (exact) mass is 538 g/mol. The highest BCUT2D eigenvalue weighted by atomic mass is 19.1. The molecule has 0 aliphatic rings. The number of halogens is 1. The van der Waals surface area contributed by atoms with Crippen LogP contribution in [0.3, 0.4) is 0 Å². The SMILES string of the molecule is CCC(Oc1ccc2cc(-c3nc(OCc4ccccc4F)cc(-c4ccc(OC)cc4)n3)ccc2c1)C(=O)O. The molecule has 0 saturated carbocycles. The van der Waals surface area contributed by atoms with Crippen molar-refractivity contribution in [1.82, 2.24) is 9.97 Å². The minimum absolute atomic E-state index is 0.0147. The second kappa shape index (κ2) is 11.8. The lowest BCUT2D eigenvalue weighted by molar-refractivity contribution is -0.145. The van der Waals surface area contributed by atoms with E-state index >= 15 is 0 Å². The summed E-state index contributed by atoms with van der Waals surface area (Å²) in [6, 6.07) is 26.8. The van der Waals surface area contributed by atoms with E-state index in [0.29, 0.717) is 35.1 Å². The van der Waals surface area contributed by atoms with Crippen LogP contribution in [-0.2, 0) is 11.4 Å². The fraction of sp³-hybridized carbons (Fsp3) is 0.156. The third-order valence-electron chi connectivity index (χ3n) is 6.42. The van der Waals surface area contributed by atoms with Crippen molar-refractivity contribution in [1.29, 1.82) is 0 Å². The summed E-state index contributed by atoms with van der Waals surface area (Å²) in [4.78, 5) is 20.8. The number of aromatic nitrogens is 2. The molecule has 1 unspecified atom stereocenters. The van der Waals surface area contributed by atoms with Crippen LogP contribution in [0, 0.1) is 5.82 Å². The number of rotatable bonds is 10. The molecule has 1 atom stereocenters. The zero-order chi connectivity index (χ0) is 28.1. The standard InChI is InChI=1S/C32H27FN2O5/c1-3-29(32(36)37)40-26-15-12-21-16-23(9-8-22(21)17-26)31-34-28(20-10-13-25(38-2)14-11-20)18-30(35-31)39-19-24-6-4-5-7-27(24)33/h4-18,29H,3,19H2,1-2H3,(H,36,37). The van der Waals surface area contributed by atoms with Crippen molar-refractivity contribution in [3.8, 4) is 40.0 Å². The topological polar surface area (TPSA) is 90.8 Å². The lowest BCUT2D eigenvalue weighted by Crippen LogP contribution is -2.25. The van der Waals surface area contributed by atoms with Gasteiger partial charge in [-0.05, 0) is 65.7 Å². The number of hydrogen-bond donors (Lipinski definition) is 1. The van der Waals surface area contributed by atoms with Crippen molar-refractivity contribution in [2.45, 2.75) is 26.1 Å². The van der Waals surface area contributed by atoms with Gasteiger partial charge in [0.25, 0.3) is 0 Å². The maximum Gasteiger partial charge on any atom is 0.344 e. The highest BCUT2D eigenvalue weighted by Gasteiger charge is 2.17. The molecular weight excluding hydrogens is 511 g/mol. The summed E-state index contributed by atoms with van der Waals surface area (Å²) >= 11 is 0. The van der Waals surface area contributed by atoms with Crippen molar-refractivity contribution in [3.05, 3.63) is 102 Å². The molecular formula is C32H27FN2O5. The van der Waals surface area contributed by atoms with E-state index in [0.717, 1.165) is 27.6 Å². The van der Waals surface area contributed by atoms with Gasteiger partial charge in [-0.1, -0.05) is 43.3 Å². The van der Waals surface area contributed by atoms with Crippen LogP contribution < -0.4 is 14.2 Å². The normalized spacial score (nSPS) is 11.7. The highest BCUT2D eigenvalue weighted by Crippen LogP contribution is 2.30. The lowest BCUT2D eigenvalue weighted by atomic mass is 10.1. The van der Waals surface area contributed by atoms with Crippen LogP contribution in [0.25, 0.3) is 33.4 Å². The van der Waals surface area contributed by atoms with Crippen molar-refractivity contribution in [2.75, 3.05) is 7.11 Å². The van der Waals surface area contributed by atoms with Gasteiger partial charge in [0.1, 0.15) is 23.9 Å². The number of carboxylic acid groups (broad SMARTS) is 1. The van der Waals surface area contributed by atoms with Crippen LogP contribution in [0.1, 0.15) is 18.9 Å². The predicted octanol–water partition coefficient (Wildman–Crippen LogP) is 6.93. The Morgan fingerprint density at radius 3 is 2.30 bits per heavy atom. The summed E-state index contributed by atoms with van der Waals surface area (Å²) in [6.07, 6.45) is -0.552. The van der Waals surface area contributed by atoms with Gasteiger partial charge in [-0.3, -0.25) is 0 Å². The van der Waals surface area contributed by atoms with Crippen molar-refractivity contribution >= 4 is 16.7 Å². The summed E-state index contributed by atoms with van der Waals surface area (Å²) in [5, 5.41) is 11.1. The van der Waals surface area contributed by atoms with Gasteiger partial charge in [0.2, 0.25) is 5.88 Å². The van der Waals surface area contributed by atoms with Crippen LogP contribution in [0.4, 0.5) is 4.39 Å². The number of carbonyl (C=O) groups is 1. The third kappa shape index (κ3) is 6.02. The molecule has 4 aromatic carbocycles. The summed E-state index contributed by atoms with van der Waals surface area (Å²) in [7, 11) is 1.61. The van der Waals surface area contributed by atoms with Gasteiger partial charge in [0.15, 0.2) is 11.9 Å². The Labute approximate surface area is 230 Å². The molecule has 0 radical (unpaired) electrons. The van der Waals surface area contributed by atoms with Crippen LogP contribution in [-0.4, -0.2) is 34.3 Å². The number of methoxy groups -OCH3 is 1. The third-order valence-corrected chi connectivity index (χ3v) is 6.42. The smallest absolute Gasteiger partial charge is 0.344 e. The largest absolute Gasteiger partial charge is 0.497 e. The molecule has 5 rings (SSSR count). The molecule has 0 bridgehead atoms. The second-order valence-electron chi connectivity index (χ2n) is 9.10. The first-order valence-corrected chi connectivity index (χ1v) is 12.8. The number of hydrogen-bond acceptors (Lipinski definition) is 6. The van der Waals surface area contributed by atoms with Gasteiger partial charge in [-0.15, -0.1) is 0 Å². The van der Waals surface area contributed by atoms with Crippen LogP contribution in [0.2, 0.25) is 0 Å². The molecule has 202 valence electrons. The van der Waals surface area contributed by atoms with Gasteiger partial charge in [0, 0.05) is 22.8 Å². The molecule has 0 saturated heterocycles. The maximum atomic E-state index is 14.2. The van der Waals surface area contributed by atoms with E-state index in [1.54, 1.807) is 44.4 Å². The first-order valence-electron chi connectivity index (χ1n) is 12.8. The first-order chi connectivity index (χ1) is 19.4. The Morgan fingerprint density at radius 2 is 1.57 bits per heavy atom. The molecule has 1 N–H and O–H groups in total. The zero-order valence-electron chi connectivity index (χ0n) is 22.0. The quantitative estimate of drug-likeness (QED) is 0.206. The molecule has 0 aliphatic heterocycles. The Bertz CT molecular complexity index is 1660. The van der Waals surface area contributed by atoms with E-state index in [-0.39, 0.29) is 12.4 Å². The van der Waals surface area contributed by atoms with E-state index in [1.807, 2.05) is 54.6 Å². The van der Waals surface area contributed by atoms with E-state index in [2.05, 4.69) is 4.98 Å². The van der Waals surface area contributed by atoms with Crippen LogP contribution >= 0.6 is 0 Å². The molecule has 1 aromatic heterocycles. The Hall–Kier alpha value is -4.98. The van der Waals surface area contributed by atoms with E-state index in [9.17, 15) is 14.3 Å². The summed E-state index contributed by atoms with van der Waals surface area (Å²) in [6.45, 7) is 1.78. The number of carboxylic acids is 1. The number of ether oxygens (including phenoxy) is 3. The molecule has 1 heterocycles. The van der Waals surface area contributed by atoms with Crippen molar-refractivity contribution in [3.63, 3.8) is 0 Å². The molecule has 0 spiro atoms. The van der Waals surface area contributed by atoms with Gasteiger partial charge >= 0.3 is 5.97 Å². The Balaban J connectivity index is 1.50. The average Bonchev–Trinajstić information content (AvgIpc) is 2.99. The minimum atomic E-state index is -1.00. The fourth-order valence-corrected chi connectivity index (χ4v) is 4.21. The van der Waals surface area contributed by atoms with E-state index < -0.39 is 12.1 Å². The van der Waals surface area contributed by atoms with Gasteiger partial charge in [-0.2, -0.15) is 4.98 Å². The Kier molecular flexibility index (Phi) is 7.87. The average molecular weight is 539 g/mol. The zero-order valence-corrected chi connectivity index (χ0v) is 22.0. The summed E-state index contributed by atoms with van der Waals surface area (Å²) in [5.74, 6) is 0.605. The van der Waals surface area contributed by atoms with Crippen molar-refractivity contribution in [2.24, 2.45) is 0 Å². The molecule has 5 aromatic rings. The predicted molar refractivity (Wildman–Crippen MR) is 150 cm³/mol. The lowest BCUT2D eigenvalue weighted by Gasteiger charge is -2.14. The number of benzene rings is 4. The van der Waals surface area contributed by atoms with Crippen LogP contribution in [0.5, 0.6) is 17.4 Å². The van der Waals surface area contributed by atoms with Crippen molar-refractivity contribution < 1.29 is 28.5 Å². The molecule has 8 heteroatoms. The number of nitrogens with zero attached hydrogens (tertiary/aromatic N) is 2. The first kappa shape index (κ1) is 26.6. The van der Waals surface area contributed by atoms with E-state index in [4.69, 9.17) is 19.2 Å². The van der Waals surface area contributed by atoms with E-state index in [1.165, 1.54) is 6.07 Å².